The Labute approximate surface area is 224 Å². The van der Waals surface area contributed by atoms with Crippen molar-refractivity contribution < 1.29 is 53.8 Å². The number of nitrogens with one attached hydrogen (secondary N) is 1. The molecule has 10 heteroatoms. The Morgan fingerprint density at radius 1 is 1.12 bits per heavy atom. The van der Waals surface area contributed by atoms with Gasteiger partial charge in [-0.15, -0.1) is 0 Å². The fourth-order valence-electron chi connectivity index (χ4n) is 3.56. The summed E-state index contributed by atoms with van der Waals surface area (Å²) in [4.78, 5) is 52.0. The smallest absolute Gasteiger partial charge is 0.550 e. The van der Waals surface area contributed by atoms with E-state index in [1.807, 2.05) is 18.2 Å². The van der Waals surface area contributed by atoms with E-state index in [-0.39, 0.29) is 36.1 Å². The molecule has 0 saturated carbocycles. The van der Waals surface area contributed by atoms with E-state index >= 15 is 0 Å². The van der Waals surface area contributed by atoms with E-state index in [2.05, 4.69) is 5.32 Å². The van der Waals surface area contributed by atoms with E-state index in [1.54, 1.807) is 37.3 Å². The third-order valence-electron chi connectivity index (χ3n) is 5.20. The zero-order valence-corrected chi connectivity index (χ0v) is 22.0. The van der Waals surface area contributed by atoms with Crippen LogP contribution in [-0.2, 0) is 20.8 Å². The Morgan fingerprint density at radius 2 is 1.79 bits per heavy atom. The van der Waals surface area contributed by atoms with Gasteiger partial charge < -0.3 is 20.1 Å². The molecular formula is C24H23ClN3NaO5. The van der Waals surface area contributed by atoms with Crippen LogP contribution in [0.5, 0.6) is 0 Å². The van der Waals surface area contributed by atoms with E-state index < -0.39 is 36.2 Å². The number of hydrogen-bond acceptors (Lipinski definition) is 5. The molecule has 0 saturated heterocycles. The summed E-state index contributed by atoms with van der Waals surface area (Å²) >= 11 is 5.95. The molecule has 8 nitrogen and oxygen atoms in total. The molecule has 172 valence electrons. The number of anilines is 1. The molecule has 1 N–H and O–H groups in total. The SMILES string of the molecule is CC1=CN(C)C(=O)C(N(C(=O)NCCC(=O)[O-])c2cccc(Cc3ccc(Cl)cc3)c2)C1=O.[Na+]. The summed E-state index contributed by atoms with van der Waals surface area (Å²) in [6, 6.07) is 12.1. The predicted octanol–water partition coefficient (Wildman–Crippen LogP) is -1.10. The van der Waals surface area contributed by atoms with Crippen molar-refractivity contribution in [3.05, 3.63) is 76.5 Å². The first-order valence-electron chi connectivity index (χ1n) is 10.3. The van der Waals surface area contributed by atoms with Gasteiger partial charge in [-0.3, -0.25) is 14.5 Å². The van der Waals surface area contributed by atoms with Crippen LogP contribution in [0.4, 0.5) is 10.5 Å². The van der Waals surface area contributed by atoms with Gasteiger partial charge in [-0.05, 0) is 48.7 Å². The maximum Gasteiger partial charge on any atom is 1.00 e. The number of hydrogen-bond donors (Lipinski definition) is 1. The number of benzene rings is 2. The van der Waals surface area contributed by atoms with Crippen molar-refractivity contribution in [1.29, 1.82) is 0 Å². The second-order valence-corrected chi connectivity index (χ2v) is 8.16. The number of rotatable bonds is 7. The molecule has 0 radical (unpaired) electrons. The standard InChI is InChI=1S/C24H24ClN3O5.Na/c1-15-14-27(2)23(32)21(22(15)31)28(24(33)26-11-10-20(29)30)19-5-3-4-17(13-19)12-16-6-8-18(25)9-7-16;/h3-9,13-14,21H,10-12H2,1-2H3,(H,26,33)(H,29,30);/q;+1/p-1. The van der Waals surface area contributed by atoms with Gasteiger partial charge in [0.05, 0.1) is 0 Å². The van der Waals surface area contributed by atoms with E-state index in [4.69, 9.17) is 11.6 Å². The summed E-state index contributed by atoms with van der Waals surface area (Å²) in [7, 11) is 1.51. The first-order valence-corrected chi connectivity index (χ1v) is 10.6. The first kappa shape index (κ1) is 27.6. The molecule has 0 aliphatic carbocycles. The predicted molar refractivity (Wildman–Crippen MR) is 122 cm³/mol. The van der Waals surface area contributed by atoms with Crippen molar-refractivity contribution in [3.8, 4) is 0 Å². The van der Waals surface area contributed by atoms with E-state index in [0.717, 1.165) is 16.0 Å². The van der Waals surface area contributed by atoms with Gasteiger partial charge in [0.1, 0.15) is 0 Å². The van der Waals surface area contributed by atoms with E-state index in [9.17, 15) is 24.3 Å². The Morgan fingerprint density at radius 3 is 2.44 bits per heavy atom. The number of carbonyl (C=O) groups is 4. The fraction of sp³-hybridized carbons (Fsp3) is 0.250. The summed E-state index contributed by atoms with van der Waals surface area (Å²) in [5.41, 5.74) is 2.50. The number of urea groups is 1. The zero-order chi connectivity index (χ0) is 24.1. The van der Waals surface area contributed by atoms with Crippen molar-refractivity contribution in [2.24, 2.45) is 0 Å². The average Bonchev–Trinajstić information content (AvgIpc) is 2.76. The number of carboxylic acids is 1. The second-order valence-electron chi connectivity index (χ2n) is 7.73. The molecule has 0 fully saturated rings. The van der Waals surface area contributed by atoms with Gasteiger partial charge in [-0.2, -0.15) is 0 Å². The van der Waals surface area contributed by atoms with Gasteiger partial charge in [0.25, 0.3) is 5.91 Å². The average molecular weight is 492 g/mol. The third kappa shape index (κ3) is 6.70. The Bertz CT molecular complexity index is 1120. The Balaban J connectivity index is 0.00000408. The molecule has 3 amide bonds. The summed E-state index contributed by atoms with van der Waals surface area (Å²) < 4.78 is 0. The molecule has 1 aliphatic heterocycles. The fourth-order valence-corrected chi connectivity index (χ4v) is 3.69. The van der Waals surface area contributed by atoms with Gasteiger partial charge in [-0.1, -0.05) is 35.9 Å². The van der Waals surface area contributed by atoms with Crippen molar-refractivity contribution in [2.45, 2.75) is 25.8 Å². The van der Waals surface area contributed by atoms with Gasteiger partial charge in [0.15, 0.2) is 11.8 Å². The van der Waals surface area contributed by atoms with Crippen LogP contribution in [0.1, 0.15) is 24.5 Å². The molecule has 1 heterocycles. The number of ketones is 1. The maximum absolute atomic E-state index is 13.1. The van der Waals surface area contributed by atoms with Crippen LogP contribution in [0, 0.1) is 0 Å². The number of aliphatic carboxylic acids is 1. The minimum Gasteiger partial charge on any atom is -0.550 e. The molecule has 2 aromatic rings. The van der Waals surface area contributed by atoms with Gasteiger partial charge in [-0.25, -0.2) is 4.79 Å². The van der Waals surface area contributed by atoms with Crippen molar-refractivity contribution >= 4 is 41.0 Å². The molecule has 1 unspecified atom stereocenters. The normalized spacial score (nSPS) is 15.3. The van der Waals surface area contributed by atoms with Crippen LogP contribution in [0.15, 0.2) is 60.3 Å². The second kappa shape index (κ2) is 12.2. The van der Waals surface area contributed by atoms with Crippen LogP contribution in [0.25, 0.3) is 0 Å². The summed E-state index contributed by atoms with van der Waals surface area (Å²) in [5, 5.41) is 13.8. The quantitative estimate of drug-likeness (QED) is 0.391. The molecule has 1 aliphatic rings. The van der Waals surface area contributed by atoms with Crippen LogP contribution in [0.3, 0.4) is 0 Å². The molecule has 0 bridgehead atoms. The maximum atomic E-state index is 13.1. The van der Waals surface area contributed by atoms with Crippen molar-refractivity contribution in [2.75, 3.05) is 18.5 Å². The third-order valence-corrected chi connectivity index (χ3v) is 5.45. The summed E-state index contributed by atoms with van der Waals surface area (Å²) in [6.45, 7) is 1.36. The van der Waals surface area contributed by atoms with Crippen molar-refractivity contribution in [1.82, 2.24) is 10.2 Å². The molecule has 34 heavy (non-hydrogen) atoms. The van der Waals surface area contributed by atoms with Gasteiger partial charge in [0.2, 0.25) is 0 Å². The largest absolute Gasteiger partial charge is 1.00 e. The number of carboxylic acid groups (broad SMARTS) is 1. The molecule has 0 aromatic heterocycles. The minimum absolute atomic E-state index is 0. The molecular weight excluding hydrogens is 469 g/mol. The zero-order valence-electron chi connectivity index (χ0n) is 19.2. The monoisotopic (exact) mass is 491 g/mol. The van der Waals surface area contributed by atoms with Crippen LogP contribution in [0.2, 0.25) is 5.02 Å². The number of nitrogens with zero attached hydrogens (tertiary/aromatic N) is 2. The number of halogens is 1. The van der Waals surface area contributed by atoms with Gasteiger partial charge in [0, 0.05) is 48.5 Å². The topological polar surface area (TPSA) is 110 Å². The van der Waals surface area contributed by atoms with Crippen LogP contribution >= 0.6 is 11.6 Å². The minimum atomic E-state index is -1.41. The Kier molecular flexibility index (Phi) is 9.88. The van der Waals surface area contributed by atoms with Crippen molar-refractivity contribution in [3.63, 3.8) is 0 Å². The number of amides is 3. The number of carbonyl (C=O) groups excluding carboxylic acids is 4. The molecule has 0 spiro atoms. The molecule has 2 aromatic carbocycles. The number of likely N-dealkylation sites (N-methyl/N-ethyl adjacent to an activating group) is 1. The van der Waals surface area contributed by atoms with E-state index in [0.29, 0.717) is 22.7 Å². The summed E-state index contributed by atoms with van der Waals surface area (Å²) in [6.07, 6.45) is 1.56. The van der Waals surface area contributed by atoms with Crippen LogP contribution < -0.4 is 44.9 Å². The molecule has 3 rings (SSSR count). The molecule has 1 atom stereocenters. The van der Waals surface area contributed by atoms with Gasteiger partial charge >= 0.3 is 35.6 Å². The van der Waals surface area contributed by atoms with Crippen LogP contribution in [-0.4, -0.2) is 48.2 Å². The summed E-state index contributed by atoms with van der Waals surface area (Å²) in [5.74, 6) is -2.39. The van der Waals surface area contributed by atoms with E-state index in [1.165, 1.54) is 18.1 Å². The first-order chi connectivity index (χ1) is 15.7. The Hall–Kier alpha value is -2.65. The number of Topliss-reactive ketones (excluding diaryl/α,β-unsaturated/α-hetero) is 1.